The van der Waals surface area contributed by atoms with Gasteiger partial charge < -0.3 is 26.8 Å². The van der Waals surface area contributed by atoms with Crippen LogP contribution in [-0.4, -0.2) is 25.1 Å². The molecule has 0 aliphatic carbocycles. The molecule has 3 amide bonds. The molecule has 2 unspecified atom stereocenters. The molecule has 0 aliphatic heterocycles. The summed E-state index contributed by atoms with van der Waals surface area (Å²) in [6.45, 7) is 3.52. The predicted molar refractivity (Wildman–Crippen MR) is 84.9 cm³/mol. The number of amides is 3. The van der Waals surface area contributed by atoms with Crippen LogP contribution in [0, 0.1) is 5.92 Å². The first-order valence-electron chi connectivity index (χ1n) is 6.16. The Kier molecular flexibility index (Phi) is 7.54. The highest BCUT2D eigenvalue weighted by molar-refractivity contribution is 5.94. The number of halogens is 1. The molecule has 118 valence electrons. The Balaban J connectivity index is 0.00000400. The zero-order chi connectivity index (χ0) is 15.3. The van der Waals surface area contributed by atoms with Crippen molar-refractivity contribution in [3.8, 4) is 5.75 Å². The first-order valence-corrected chi connectivity index (χ1v) is 6.16. The van der Waals surface area contributed by atoms with Gasteiger partial charge in [0.25, 0.3) is 0 Å². The number of hydrogen-bond acceptors (Lipinski definition) is 4. The van der Waals surface area contributed by atoms with Crippen LogP contribution in [0.2, 0.25) is 0 Å². The molecule has 0 spiro atoms. The third kappa shape index (κ3) is 5.49. The van der Waals surface area contributed by atoms with Gasteiger partial charge in [-0.1, -0.05) is 6.92 Å². The van der Waals surface area contributed by atoms with Crippen molar-refractivity contribution in [2.24, 2.45) is 17.4 Å². The average molecular weight is 317 g/mol. The molecular weight excluding hydrogens is 296 g/mol. The molecule has 0 aromatic heterocycles. The average Bonchev–Trinajstić information content (AvgIpc) is 2.38. The fourth-order valence-electron chi connectivity index (χ4n) is 1.50. The quantitative estimate of drug-likeness (QED) is 0.658. The van der Waals surface area contributed by atoms with E-state index in [0.717, 1.165) is 0 Å². The monoisotopic (exact) mass is 316 g/mol. The molecule has 0 saturated carbocycles. The standard InChI is InChI=1S/C13H20N4O3.ClH/c1-7(8(2)14)12(18)16-9-4-5-10(17-13(15)19)11(6-9)20-3;/h4-8H,14H2,1-3H3,(H,16,18)(H3,15,17,19);1H. The lowest BCUT2D eigenvalue weighted by atomic mass is 10.0. The summed E-state index contributed by atoms with van der Waals surface area (Å²) in [5.41, 5.74) is 11.7. The highest BCUT2D eigenvalue weighted by atomic mass is 35.5. The molecule has 0 radical (unpaired) electrons. The van der Waals surface area contributed by atoms with Crippen LogP contribution >= 0.6 is 12.4 Å². The normalized spacial score (nSPS) is 12.6. The van der Waals surface area contributed by atoms with E-state index in [0.29, 0.717) is 17.1 Å². The van der Waals surface area contributed by atoms with Gasteiger partial charge >= 0.3 is 6.03 Å². The molecule has 0 aliphatic rings. The molecule has 0 fully saturated rings. The van der Waals surface area contributed by atoms with E-state index in [-0.39, 0.29) is 30.3 Å². The van der Waals surface area contributed by atoms with Crippen LogP contribution in [0.4, 0.5) is 16.2 Å². The lowest BCUT2D eigenvalue weighted by Crippen LogP contribution is -2.34. The van der Waals surface area contributed by atoms with Crippen LogP contribution < -0.4 is 26.8 Å². The van der Waals surface area contributed by atoms with Gasteiger partial charge in [-0.25, -0.2) is 4.79 Å². The molecule has 21 heavy (non-hydrogen) atoms. The maximum Gasteiger partial charge on any atom is 0.316 e. The van der Waals surface area contributed by atoms with Gasteiger partial charge in [-0.2, -0.15) is 0 Å². The SMILES string of the molecule is COc1cc(NC(=O)C(C)C(C)N)ccc1NC(N)=O.Cl. The van der Waals surface area contributed by atoms with Crippen molar-refractivity contribution in [2.75, 3.05) is 17.7 Å². The highest BCUT2D eigenvalue weighted by Crippen LogP contribution is 2.28. The van der Waals surface area contributed by atoms with Gasteiger partial charge in [-0.3, -0.25) is 4.79 Å². The lowest BCUT2D eigenvalue weighted by molar-refractivity contribution is -0.119. The predicted octanol–water partition coefficient (Wildman–Crippen LogP) is 1.53. The van der Waals surface area contributed by atoms with Crippen molar-refractivity contribution in [3.63, 3.8) is 0 Å². The molecule has 1 rings (SSSR count). The number of primary amides is 1. The number of nitrogens with one attached hydrogen (secondary N) is 2. The maximum absolute atomic E-state index is 11.9. The van der Waals surface area contributed by atoms with Crippen molar-refractivity contribution >= 4 is 35.7 Å². The Bertz CT molecular complexity index is 508. The maximum atomic E-state index is 11.9. The van der Waals surface area contributed by atoms with Gasteiger partial charge in [-0.05, 0) is 19.1 Å². The first-order chi connectivity index (χ1) is 9.35. The summed E-state index contributed by atoms with van der Waals surface area (Å²) in [5, 5.41) is 5.16. The third-order valence-electron chi connectivity index (χ3n) is 2.93. The van der Waals surface area contributed by atoms with E-state index in [1.165, 1.54) is 7.11 Å². The number of ether oxygens (including phenoxy) is 1. The van der Waals surface area contributed by atoms with E-state index in [1.807, 2.05) is 0 Å². The Morgan fingerprint density at radius 3 is 2.33 bits per heavy atom. The van der Waals surface area contributed by atoms with Gasteiger partial charge in [-0.15, -0.1) is 12.4 Å². The number of anilines is 2. The summed E-state index contributed by atoms with van der Waals surface area (Å²) in [6, 6.07) is 3.89. The fourth-order valence-corrected chi connectivity index (χ4v) is 1.50. The van der Waals surface area contributed by atoms with Gasteiger partial charge in [0.2, 0.25) is 5.91 Å². The summed E-state index contributed by atoms with van der Waals surface area (Å²) in [7, 11) is 1.46. The smallest absolute Gasteiger partial charge is 0.316 e. The molecule has 1 aromatic rings. The first kappa shape index (κ1) is 19.0. The summed E-state index contributed by atoms with van der Waals surface area (Å²) < 4.78 is 5.13. The Labute approximate surface area is 129 Å². The van der Waals surface area contributed by atoms with Crippen LogP contribution in [0.5, 0.6) is 5.75 Å². The van der Waals surface area contributed by atoms with E-state index in [1.54, 1.807) is 32.0 Å². The van der Waals surface area contributed by atoms with Crippen LogP contribution in [0.3, 0.4) is 0 Å². The topological polar surface area (TPSA) is 119 Å². The van der Waals surface area contributed by atoms with Crippen LogP contribution in [-0.2, 0) is 4.79 Å². The van der Waals surface area contributed by atoms with Crippen LogP contribution in [0.1, 0.15) is 13.8 Å². The molecule has 0 heterocycles. The Morgan fingerprint density at radius 1 is 1.24 bits per heavy atom. The van der Waals surface area contributed by atoms with E-state index >= 15 is 0 Å². The Morgan fingerprint density at radius 2 is 1.86 bits per heavy atom. The van der Waals surface area contributed by atoms with Gasteiger partial charge in [0, 0.05) is 17.8 Å². The van der Waals surface area contributed by atoms with Crippen LogP contribution in [0.15, 0.2) is 18.2 Å². The highest BCUT2D eigenvalue weighted by Gasteiger charge is 2.17. The molecule has 2 atom stereocenters. The van der Waals surface area contributed by atoms with Gasteiger partial charge in [0.05, 0.1) is 18.7 Å². The second kappa shape index (κ2) is 8.33. The fraction of sp³-hybridized carbons (Fsp3) is 0.385. The largest absolute Gasteiger partial charge is 0.494 e. The zero-order valence-electron chi connectivity index (χ0n) is 12.2. The minimum atomic E-state index is -0.689. The van der Waals surface area contributed by atoms with E-state index in [4.69, 9.17) is 16.2 Å². The van der Waals surface area contributed by atoms with E-state index in [2.05, 4.69) is 10.6 Å². The van der Waals surface area contributed by atoms with Crippen molar-refractivity contribution in [1.82, 2.24) is 0 Å². The molecule has 7 nitrogen and oxygen atoms in total. The molecule has 0 saturated heterocycles. The van der Waals surface area contributed by atoms with Gasteiger partial charge in [0.15, 0.2) is 0 Å². The number of benzene rings is 1. The van der Waals surface area contributed by atoms with Crippen molar-refractivity contribution < 1.29 is 14.3 Å². The van der Waals surface area contributed by atoms with Crippen molar-refractivity contribution in [3.05, 3.63) is 18.2 Å². The number of hydrogen-bond donors (Lipinski definition) is 4. The van der Waals surface area contributed by atoms with Crippen molar-refractivity contribution in [2.45, 2.75) is 19.9 Å². The second-order valence-corrected chi connectivity index (χ2v) is 4.54. The van der Waals surface area contributed by atoms with E-state index in [9.17, 15) is 9.59 Å². The minimum Gasteiger partial charge on any atom is -0.494 e. The summed E-state index contributed by atoms with van der Waals surface area (Å²) in [4.78, 5) is 22.7. The molecular formula is C13H21ClN4O3. The lowest BCUT2D eigenvalue weighted by Gasteiger charge is -2.16. The summed E-state index contributed by atoms with van der Waals surface area (Å²) >= 11 is 0. The zero-order valence-corrected chi connectivity index (χ0v) is 13.0. The van der Waals surface area contributed by atoms with E-state index < -0.39 is 6.03 Å². The number of carbonyl (C=O) groups excluding carboxylic acids is 2. The summed E-state index contributed by atoms with van der Waals surface area (Å²) in [5.74, 6) is -0.0999. The van der Waals surface area contributed by atoms with Gasteiger partial charge in [0.1, 0.15) is 5.75 Å². The van der Waals surface area contributed by atoms with Crippen molar-refractivity contribution in [1.29, 1.82) is 0 Å². The number of methoxy groups -OCH3 is 1. The summed E-state index contributed by atoms with van der Waals surface area (Å²) in [6.07, 6.45) is 0. The molecule has 0 bridgehead atoms. The third-order valence-corrected chi connectivity index (χ3v) is 2.93. The number of urea groups is 1. The number of rotatable bonds is 5. The second-order valence-electron chi connectivity index (χ2n) is 4.54. The Hall–Kier alpha value is -1.99. The number of carbonyl (C=O) groups is 2. The molecule has 1 aromatic carbocycles. The minimum absolute atomic E-state index is 0. The molecule has 6 N–H and O–H groups in total. The van der Waals surface area contributed by atoms with Crippen LogP contribution in [0.25, 0.3) is 0 Å². The number of nitrogens with two attached hydrogens (primary N) is 2. The molecule has 8 heteroatoms.